The minimum absolute atomic E-state index is 0.269. The van der Waals surface area contributed by atoms with E-state index in [0.29, 0.717) is 17.7 Å². The van der Waals surface area contributed by atoms with Crippen molar-refractivity contribution in [2.75, 3.05) is 13.1 Å². The van der Waals surface area contributed by atoms with Gasteiger partial charge in [-0.1, -0.05) is 6.08 Å². The third kappa shape index (κ3) is 4.03. The van der Waals surface area contributed by atoms with Crippen LogP contribution in [0.3, 0.4) is 0 Å². The fourth-order valence-corrected chi connectivity index (χ4v) is 2.08. The van der Waals surface area contributed by atoms with E-state index in [1.54, 1.807) is 17.3 Å². The fraction of sp³-hybridized carbons (Fsp3) is 0.500. The molecular formula is C14H18BrN3O2. The van der Waals surface area contributed by atoms with E-state index in [2.05, 4.69) is 25.9 Å². The van der Waals surface area contributed by atoms with Crippen LogP contribution in [-0.4, -0.2) is 39.7 Å². The van der Waals surface area contributed by atoms with Crippen molar-refractivity contribution in [1.29, 1.82) is 0 Å². The minimum atomic E-state index is -0.460. The van der Waals surface area contributed by atoms with Crippen LogP contribution in [0.2, 0.25) is 0 Å². The zero-order valence-corrected chi connectivity index (χ0v) is 13.5. The van der Waals surface area contributed by atoms with E-state index in [4.69, 9.17) is 4.74 Å². The molecule has 5 nitrogen and oxygen atoms in total. The number of carbonyl (C=O) groups is 1. The van der Waals surface area contributed by atoms with Crippen LogP contribution in [0, 0.1) is 0 Å². The molecule has 1 aromatic rings. The summed E-state index contributed by atoms with van der Waals surface area (Å²) in [6, 6.07) is 0. The van der Waals surface area contributed by atoms with Crippen molar-refractivity contribution >= 4 is 27.6 Å². The summed E-state index contributed by atoms with van der Waals surface area (Å²) in [5.41, 5.74) is 1.51. The number of rotatable bonds is 1. The van der Waals surface area contributed by atoms with Crippen molar-refractivity contribution in [2.24, 2.45) is 0 Å². The smallest absolute Gasteiger partial charge is 0.410 e. The van der Waals surface area contributed by atoms with E-state index in [9.17, 15) is 4.79 Å². The number of carbonyl (C=O) groups excluding carboxylic acids is 1. The van der Waals surface area contributed by atoms with Crippen molar-refractivity contribution in [3.8, 4) is 0 Å². The van der Waals surface area contributed by atoms with E-state index in [1.165, 1.54) is 0 Å². The summed E-state index contributed by atoms with van der Waals surface area (Å²) in [5, 5.41) is 0. The average molecular weight is 340 g/mol. The highest BCUT2D eigenvalue weighted by Crippen LogP contribution is 2.22. The maximum absolute atomic E-state index is 11.9. The Morgan fingerprint density at radius 3 is 2.60 bits per heavy atom. The van der Waals surface area contributed by atoms with Gasteiger partial charge >= 0.3 is 6.09 Å². The van der Waals surface area contributed by atoms with E-state index in [1.807, 2.05) is 26.8 Å². The number of halogens is 1. The highest BCUT2D eigenvalue weighted by Gasteiger charge is 2.24. The van der Waals surface area contributed by atoms with Gasteiger partial charge in [0.05, 0.1) is 18.1 Å². The lowest BCUT2D eigenvalue weighted by molar-refractivity contribution is 0.0270. The van der Waals surface area contributed by atoms with Gasteiger partial charge < -0.3 is 9.64 Å². The predicted molar refractivity (Wildman–Crippen MR) is 80.1 cm³/mol. The molecule has 20 heavy (non-hydrogen) atoms. The van der Waals surface area contributed by atoms with Crippen molar-refractivity contribution in [3.05, 3.63) is 28.8 Å². The molecule has 0 spiro atoms. The second-order valence-electron chi connectivity index (χ2n) is 5.63. The van der Waals surface area contributed by atoms with E-state index >= 15 is 0 Å². The van der Waals surface area contributed by atoms with Gasteiger partial charge in [0.15, 0.2) is 0 Å². The lowest BCUT2D eigenvalue weighted by Gasteiger charge is -2.29. The maximum Gasteiger partial charge on any atom is 0.410 e. The molecule has 0 atom stereocenters. The Labute approximate surface area is 127 Å². The fourth-order valence-electron chi connectivity index (χ4n) is 1.87. The number of ether oxygens (including phenoxy) is 1. The number of amides is 1. The SMILES string of the molecule is CC(C)(C)OC(=O)N1CC=C(c2cnc(Br)cn2)CC1. The second-order valence-corrected chi connectivity index (χ2v) is 6.44. The van der Waals surface area contributed by atoms with Crippen LogP contribution in [0.15, 0.2) is 23.1 Å². The van der Waals surface area contributed by atoms with E-state index < -0.39 is 5.60 Å². The third-order valence-electron chi connectivity index (χ3n) is 2.81. The van der Waals surface area contributed by atoms with Crippen LogP contribution >= 0.6 is 15.9 Å². The molecule has 0 radical (unpaired) electrons. The predicted octanol–water partition coefficient (Wildman–Crippen LogP) is 3.26. The maximum atomic E-state index is 11.9. The minimum Gasteiger partial charge on any atom is -0.444 e. The molecular weight excluding hydrogens is 322 g/mol. The van der Waals surface area contributed by atoms with Gasteiger partial charge in [-0.05, 0) is 48.7 Å². The van der Waals surface area contributed by atoms with Crippen molar-refractivity contribution in [3.63, 3.8) is 0 Å². The quantitative estimate of drug-likeness (QED) is 0.787. The number of hydrogen-bond donors (Lipinski definition) is 0. The van der Waals surface area contributed by atoms with Gasteiger partial charge in [0, 0.05) is 13.1 Å². The Bertz CT molecular complexity index is 520. The zero-order valence-electron chi connectivity index (χ0n) is 11.9. The van der Waals surface area contributed by atoms with E-state index in [0.717, 1.165) is 17.7 Å². The molecule has 0 saturated carbocycles. The molecule has 1 aromatic heterocycles. The molecule has 0 saturated heterocycles. The van der Waals surface area contributed by atoms with Gasteiger partial charge in [-0.25, -0.2) is 9.78 Å². The number of aromatic nitrogens is 2. The Kier molecular flexibility index (Phi) is 4.42. The van der Waals surface area contributed by atoms with Gasteiger partial charge in [0.2, 0.25) is 0 Å². The molecule has 1 amide bonds. The summed E-state index contributed by atoms with van der Waals surface area (Å²) in [4.78, 5) is 22.1. The molecule has 1 aliphatic rings. The van der Waals surface area contributed by atoms with Crippen LogP contribution in [0.25, 0.3) is 5.57 Å². The number of hydrogen-bond acceptors (Lipinski definition) is 4. The zero-order chi connectivity index (χ0) is 14.8. The molecule has 1 aliphatic heterocycles. The molecule has 0 fully saturated rings. The summed E-state index contributed by atoms with van der Waals surface area (Å²) in [6.07, 6.45) is 5.91. The molecule has 2 heterocycles. The highest BCUT2D eigenvalue weighted by molar-refractivity contribution is 9.10. The molecule has 108 valence electrons. The standard InChI is InChI=1S/C14H18BrN3O2/c1-14(2,3)20-13(19)18-6-4-10(5-7-18)11-8-17-12(15)9-16-11/h4,8-9H,5-7H2,1-3H3. The normalized spacial score (nSPS) is 15.8. The first-order valence-electron chi connectivity index (χ1n) is 6.50. The first kappa shape index (κ1) is 15.0. The van der Waals surface area contributed by atoms with Gasteiger partial charge in [0.25, 0.3) is 0 Å². The average Bonchev–Trinajstić information content (AvgIpc) is 2.38. The molecule has 0 aliphatic carbocycles. The Morgan fingerprint density at radius 2 is 2.10 bits per heavy atom. The Hall–Kier alpha value is -1.43. The first-order chi connectivity index (χ1) is 9.35. The van der Waals surface area contributed by atoms with Gasteiger partial charge in [-0.2, -0.15) is 0 Å². The molecule has 0 unspecified atom stereocenters. The van der Waals surface area contributed by atoms with Crippen molar-refractivity contribution in [1.82, 2.24) is 14.9 Å². The molecule has 0 N–H and O–H groups in total. The second kappa shape index (κ2) is 5.91. The van der Waals surface area contributed by atoms with Gasteiger partial charge in [0.1, 0.15) is 10.2 Å². The Morgan fingerprint density at radius 1 is 1.35 bits per heavy atom. The van der Waals surface area contributed by atoms with Crippen LogP contribution in [0.5, 0.6) is 0 Å². The molecule has 2 rings (SSSR count). The third-order valence-corrected chi connectivity index (χ3v) is 3.22. The van der Waals surface area contributed by atoms with Crippen molar-refractivity contribution < 1.29 is 9.53 Å². The summed E-state index contributed by atoms with van der Waals surface area (Å²) in [6.45, 7) is 6.79. The largest absolute Gasteiger partial charge is 0.444 e. The van der Waals surface area contributed by atoms with Crippen LogP contribution in [-0.2, 0) is 4.74 Å². The van der Waals surface area contributed by atoms with Crippen LogP contribution in [0.1, 0.15) is 32.9 Å². The topological polar surface area (TPSA) is 55.3 Å². The summed E-state index contributed by atoms with van der Waals surface area (Å²) in [7, 11) is 0. The molecule has 0 bridgehead atoms. The lowest BCUT2D eigenvalue weighted by atomic mass is 10.1. The van der Waals surface area contributed by atoms with Gasteiger partial charge in [-0.15, -0.1) is 0 Å². The first-order valence-corrected chi connectivity index (χ1v) is 7.29. The van der Waals surface area contributed by atoms with Crippen LogP contribution < -0.4 is 0 Å². The molecule has 6 heteroatoms. The molecule has 0 aromatic carbocycles. The summed E-state index contributed by atoms with van der Waals surface area (Å²) < 4.78 is 6.07. The summed E-state index contributed by atoms with van der Waals surface area (Å²) >= 11 is 3.26. The highest BCUT2D eigenvalue weighted by atomic mass is 79.9. The van der Waals surface area contributed by atoms with Gasteiger partial charge in [-0.3, -0.25) is 4.98 Å². The Balaban J connectivity index is 2.00. The lowest BCUT2D eigenvalue weighted by Crippen LogP contribution is -2.39. The monoisotopic (exact) mass is 339 g/mol. The van der Waals surface area contributed by atoms with E-state index in [-0.39, 0.29) is 6.09 Å². The van der Waals surface area contributed by atoms with Crippen LogP contribution in [0.4, 0.5) is 4.79 Å². The summed E-state index contributed by atoms with van der Waals surface area (Å²) in [5.74, 6) is 0. The number of nitrogens with zero attached hydrogens (tertiary/aromatic N) is 3. The van der Waals surface area contributed by atoms with Crippen molar-refractivity contribution in [2.45, 2.75) is 32.8 Å².